The number of hydrogen-bond acceptors (Lipinski definition) is 3. The third kappa shape index (κ3) is 2.71. The van der Waals surface area contributed by atoms with Crippen LogP contribution in [0.2, 0.25) is 0 Å². The summed E-state index contributed by atoms with van der Waals surface area (Å²) in [5.74, 6) is -0.293. The van der Waals surface area contributed by atoms with Gasteiger partial charge in [-0.25, -0.2) is 0 Å². The molecule has 0 amide bonds. The molecule has 0 bridgehead atoms. The summed E-state index contributed by atoms with van der Waals surface area (Å²) < 4.78 is 0. The summed E-state index contributed by atoms with van der Waals surface area (Å²) in [6, 6.07) is 0. The maximum absolute atomic E-state index is 10.2. The number of carbonyl (C=O) groups is 1. The first-order chi connectivity index (χ1) is 3.68. The van der Waals surface area contributed by atoms with Crippen molar-refractivity contribution in [2.75, 3.05) is 6.61 Å². The lowest BCUT2D eigenvalue weighted by Crippen LogP contribution is -2.17. The van der Waals surface area contributed by atoms with Crippen LogP contribution < -0.4 is 0 Å². The molecule has 0 rings (SSSR count). The number of aliphatic hydroxyl groups is 2. The highest BCUT2D eigenvalue weighted by atomic mass is 16.3. The molecule has 0 spiro atoms. The molecule has 0 heterocycles. The second-order valence-corrected chi connectivity index (χ2v) is 1.64. The summed E-state index contributed by atoms with van der Waals surface area (Å²) >= 11 is 0. The Morgan fingerprint density at radius 2 is 2.25 bits per heavy atom. The Morgan fingerprint density at radius 1 is 1.75 bits per heavy atom. The van der Waals surface area contributed by atoms with Gasteiger partial charge in [0.15, 0.2) is 5.78 Å². The van der Waals surface area contributed by atoms with E-state index in [1.807, 2.05) is 0 Å². The molecule has 0 saturated carbocycles. The Morgan fingerprint density at radius 3 is 2.38 bits per heavy atom. The topological polar surface area (TPSA) is 57.5 Å². The minimum absolute atomic E-state index is 0.138. The second kappa shape index (κ2) is 3.57. The highest BCUT2D eigenvalue weighted by molar-refractivity contribution is 5.79. The van der Waals surface area contributed by atoms with Crippen LogP contribution in [0.15, 0.2) is 0 Å². The van der Waals surface area contributed by atoms with Crippen LogP contribution >= 0.6 is 0 Å². The van der Waals surface area contributed by atoms with Crippen LogP contribution in [0.1, 0.15) is 13.3 Å². The maximum Gasteiger partial charge on any atom is 0.158 e. The molecule has 48 valence electrons. The Kier molecular flexibility index (Phi) is 3.39. The van der Waals surface area contributed by atoms with Gasteiger partial charge in [0.2, 0.25) is 0 Å². The molecule has 0 saturated heterocycles. The van der Waals surface area contributed by atoms with E-state index in [4.69, 9.17) is 10.2 Å². The van der Waals surface area contributed by atoms with Gasteiger partial charge in [0.05, 0.1) is 0 Å². The summed E-state index contributed by atoms with van der Waals surface area (Å²) in [4.78, 5) is 10.2. The summed E-state index contributed by atoms with van der Waals surface area (Å²) in [5, 5.41) is 16.8. The highest BCUT2D eigenvalue weighted by Crippen LogP contribution is 1.89. The van der Waals surface area contributed by atoms with Crippen LogP contribution in [0.25, 0.3) is 0 Å². The van der Waals surface area contributed by atoms with E-state index in [2.05, 4.69) is 0 Å². The molecule has 0 aromatic rings. The average molecular weight is 118 g/mol. The van der Waals surface area contributed by atoms with E-state index in [9.17, 15) is 4.79 Å². The van der Waals surface area contributed by atoms with Gasteiger partial charge in [-0.1, -0.05) is 0 Å². The van der Waals surface area contributed by atoms with Crippen LogP contribution in [-0.2, 0) is 4.79 Å². The minimum atomic E-state index is -0.972. The first kappa shape index (κ1) is 7.59. The largest absolute Gasteiger partial charge is 0.396 e. The van der Waals surface area contributed by atoms with Crippen LogP contribution in [0.4, 0.5) is 0 Å². The summed E-state index contributed by atoms with van der Waals surface area (Å²) in [5.41, 5.74) is 0. The molecule has 3 heteroatoms. The third-order valence-corrected chi connectivity index (χ3v) is 0.872. The number of Topliss-reactive ketones (excluding diaryl/α,β-unsaturated/α-hetero) is 1. The van der Waals surface area contributed by atoms with E-state index in [0.717, 1.165) is 0 Å². The minimum Gasteiger partial charge on any atom is -0.396 e. The van der Waals surface area contributed by atoms with Gasteiger partial charge in [0, 0.05) is 13.0 Å². The van der Waals surface area contributed by atoms with Gasteiger partial charge in [0.1, 0.15) is 6.10 Å². The average Bonchev–Trinajstić information content (AvgIpc) is 1.67. The third-order valence-electron chi connectivity index (χ3n) is 0.872. The smallest absolute Gasteiger partial charge is 0.158 e. The van der Waals surface area contributed by atoms with E-state index in [-0.39, 0.29) is 18.8 Å². The molecule has 1 atom stereocenters. The van der Waals surface area contributed by atoms with E-state index >= 15 is 0 Å². The first-order valence-electron chi connectivity index (χ1n) is 2.48. The van der Waals surface area contributed by atoms with Gasteiger partial charge in [0.25, 0.3) is 0 Å². The summed E-state index contributed by atoms with van der Waals surface area (Å²) in [6.07, 6.45) is -0.824. The molecule has 0 aliphatic rings. The standard InChI is InChI=1S/C5H10O3/c1-4(7)5(8)2-3-6/h5-6,8H,2-3H2,1H3/t5-/m0/s1. The number of aliphatic hydroxyl groups excluding tert-OH is 2. The normalized spacial score (nSPS) is 13.4. The molecule has 0 fully saturated rings. The van der Waals surface area contributed by atoms with E-state index in [0.29, 0.717) is 0 Å². The molecule has 0 aliphatic heterocycles. The molecule has 3 nitrogen and oxygen atoms in total. The van der Waals surface area contributed by atoms with Gasteiger partial charge in [-0.15, -0.1) is 0 Å². The van der Waals surface area contributed by atoms with Crippen LogP contribution in [-0.4, -0.2) is 28.7 Å². The van der Waals surface area contributed by atoms with Crippen molar-refractivity contribution < 1.29 is 15.0 Å². The summed E-state index contributed by atoms with van der Waals surface area (Å²) in [6.45, 7) is 1.15. The SMILES string of the molecule is CC(=O)[C@@H](O)CCO. The van der Waals surface area contributed by atoms with Crippen molar-refractivity contribution in [3.63, 3.8) is 0 Å². The zero-order valence-electron chi connectivity index (χ0n) is 4.79. The van der Waals surface area contributed by atoms with Crippen molar-refractivity contribution >= 4 is 5.78 Å². The Hall–Kier alpha value is -0.410. The summed E-state index contributed by atoms with van der Waals surface area (Å²) in [7, 11) is 0. The molecular formula is C5H10O3. The van der Waals surface area contributed by atoms with Crippen molar-refractivity contribution in [1.82, 2.24) is 0 Å². The van der Waals surface area contributed by atoms with Crippen molar-refractivity contribution in [3.05, 3.63) is 0 Å². The predicted molar refractivity (Wildman–Crippen MR) is 28.4 cm³/mol. The zero-order chi connectivity index (χ0) is 6.57. The molecule has 0 aromatic carbocycles. The van der Waals surface area contributed by atoms with Crippen LogP contribution in [0.5, 0.6) is 0 Å². The van der Waals surface area contributed by atoms with Gasteiger partial charge in [-0.2, -0.15) is 0 Å². The Balaban J connectivity index is 3.32. The molecule has 0 radical (unpaired) electrons. The van der Waals surface area contributed by atoms with Crippen LogP contribution in [0.3, 0.4) is 0 Å². The first-order valence-corrected chi connectivity index (χ1v) is 2.48. The van der Waals surface area contributed by atoms with Gasteiger partial charge < -0.3 is 10.2 Å². The molecule has 0 unspecified atom stereocenters. The zero-order valence-corrected chi connectivity index (χ0v) is 4.79. The van der Waals surface area contributed by atoms with E-state index in [1.54, 1.807) is 0 Å². The molecule has 0 aliphatic carbocycles. The number of rotatable bonds is 3. The molecule has 8 heavy (non-hydrogen) atoms. The quantitative estimate of drug-likeness (QED) is 0.516. The fraction of sp³-hybridized carbons (Fsp3) is 0.800. The van der Waals surface area contributed by atoms with Gasteiger partial charge in [-0.05, 0) is 6.92 Å². The van der Waals surface area contributed by atoms with Gasteiger partial charge >= 0.3 is 0 Å². The lowest BCUT2D eigenvalue weighted by atomic mass is 10.2. The predicted octanol–water partition coefficient (Wildman–Crippen LogP) is -0.681. The second-order valence-electron chi connectivity index (χ2n) is 1.64. The molecular weight excluding hydrogens is 108 g/mol. The molecule has 2 N–H and O–H groups in total. The monoisotopic (exact) mass is 118 g/mol. The maximum atomic E-state index is 10.2. The molecule has 0 aromatic heterocycles. The lowest BCUT2D eigenvalue weighted by Gasteiger charge is -2.00. The lowest BCUT2D eigenvalue weighted by molar-refractivity contribution is -0.125. The van der Waals surface area contributed by atoms with Crippen molar-refractivity contribution in [2.45, 2.75) is 19.4 Å². The number of carbonyl (C=O) groups excluding carboxylic acids is 1. The van der Waals surface area contributed by atoms with Gasteiger partial charge in [-0.3, -0.25) is 4.79 Å². The van der Waals surface area contributed by atoms with Crippen LogP contribution in [0, 0.1) is 0 Å². The highest BCUT2D eigenvalue weighted by Gasteiger charge is 2.06. The Labute approximate surface area is 47.9 Å². The Bertz CT molecular complexity index is 79.7. The van der Waals surface area contributed by atoms with Crippen molar-refractivity contribution in [3.8, 4) is 0 Å². The fourth-order valence-electron chi connectivity index (χ4n) is 0.326. The van der Waals surface area contributed by atoms with Crippen molar-refractivity contribution in [1.29, 1.82) is 0 Å². The van der Waals surface area contributed by atoms with E-state index in [1.165, 1.54) is 6.92 Å². The van der Waals surface area contributed by atoms with Crippen molar-refractivity contribution in [2.24, 2.45) is 0 Å². The fourth-order valence-corrected chi connectivity index (χ4v) is 0.326. The number of ketones is 1. The number of hydrogen-bond donors (Lipinski definition) is 2. The van der Waals surface area contributed by atoms with E-state index < -0.39 is 6.10 Å².